The number of aromatic nitrogens is 2. The zero-order chi connectivity index (χ0) is 49.4. The summed E-state index contributed by atoms with van der Waals surface area (Å²) in [6.07, 6.45) is -0.477. The highest BCUT2D eigenvalue weighted by Gasteiger charge is 2.27. The third kappa shape index (κ3) is 6.95. The zero-order valence-electron chi connectivity index (χ0n) is 40.6. The number of amidine groups is 2. The van der Waals surface area contributed by atoms with Crippen LogP contribution in [0.1, 0.15) is 22.9 Å². The van der Waals surface area contributed by atoms with Gasteiger partial charge in [0, 0.05) is 54.8 Å². The summed E-state index contributed by atoms with van der Waals surface area (Å²) in [6.45, 7) is 0. The Balaban J connectivity index is 0.931. The Labute approximate surface area is 432 Å². The molecule has 1 unspecified atom stereocenters. The number of rotatable bonds is 8. The van der Waals surface area contributed by atoms with Crippen LogP contribution in [0.25, 0.3) is 110 Å². The van der Waals surface area contributed by atoms with E-state index < -0.39 is 6.17 Å². The number of nitrogens with one attached hydrogen (secondary N) is 1. The number of para-hydroxylation sites is 2. The first-order valence-corrected chi connectivity index (χ1v) is 25.5. The van der Waals surface area contributed by atoms with Crippen molar-refractivity contribution in [2.75, 3.05) is 0 Å². The molecule has 0 saturated heterocycles. The van der Waals surface area contributed by atoms with E-state index in [1.165, 1.54) is 10.9 Å². The van der Waals surface area contributed by atoms with Crippen LogP contribution in [0.5, 0.6) is 0 Å². The molecule has 1 N–H and O–H groups in total. The molecule has 0 aliphatic carbocycles. The Morgan fingerprint density at radius 1 is 0.347 bits per heavy atom. The second kappa shape index (κ2) is 17.3. The highest BCUT2D eigenvalue weighted by Crippen LogP contribution is 2.45. The number of hydrogen-bond donors (Lipinski definition) is 1. The Bertz CT molecular complexity index is 4620. The maximum atomic E-state index is 7.45. The minimum absolute atomic E-state index is 0.477. The second-order valence-electron chi connectivity index (χ2n) is 19.3. The second-order valence-corrected chi connectivity index (χ2v) is 19.3. The highest BCUT2D eigenvalue weighted by atomic mass is 16.3. The molecule has 11 aromatic carbocycles. The van der Waals surface area contributed by atoms with Gasteiger partial charge in [0.15, 0.2) is 17.0 Å². The van der Waals surface area contributed by atoms with Crippen LogP contribution in [0.3, 0.4) is 0 Å². The molecule has 75 heavy (non-hydrogen) atoms. The molecular formula is C69H45N5O. The molecule has 14 aromatic rings. The number of furan rings is 1. The summed E-state index contributed by atoms with van der Waals surface area (Å²) in [5, 5.41) is 10.6. The molecule has 0 spiro atoms. The van der Waals surface area contributed by atoms with Gasteiger partial charge in [-0.2, -0.15) is 0 Å². The van der Waals surface area contributed by atoms with Crippen molar-refractivity contribution in [1.82, 2.24) is 14.5 Å². The van der Waals surface area contributed by atoms with Gasteiger partial charge in [0.2, 0.25) is 0 Å². The van der Waals surface area contributed by atoms with Crippen molar-refractivity contribution in [3.63, 3.8) is 0 Å². The van der Waals surface area contributed by atoms with Crippen molar-refractivity contribution in [3.8, 4) is 44.8 Å². The minimum atomic E-state index is -0.477. The molecule has 15 rings (SSSR count). The van der Waals surface area contributed by atoms with Gasteiger partial charge in [0.05, 0.1) is 22.1 Å². The Morgan fingerprint density at radius 3 is 1.40 bits per heavy atom. The quantitative estimate of drug-likeness (QED) is 0.165. The summed E-state index contributed by atoms with van der Waals surface area (Å²) in [6, 6.07) is 92.6. The van der Waals surface area contributed by atoms with Crippen LogP contribution in [0.4, 0.5) is 0 Å². The molecule has 1 atom stereocenters. The molecule has 1 aliphatic rings. The summed E-state index contributed by atoms with van der Waals surface area (Å²) in [7, 11) is 0. The van der Waals surface area contributed by atoms with Crippen LogP contribution in [-0.4, -0.2) is 20.8 Å². The average Bonchev–Trinajstić information content (AvgIpc) is 4.19. The molecule has 6 heteroatoms. The molecule has 6 nitrogen and oxygen atoms in total. The van der Waals surface area contributed by atoms with E-state index in [1.807, 2.05) is 0 Å². The zero-order valence-corrected chi connectivity index (χ0v) is 40.6. The number of nitrogens with zero attached hydrogens (tertiary/aromatic N) is 4. The average molecular weight is 960 g/mol. The fourth-order valence-electron chi connectivity index (χ4n) is 11.6. The number of aliphatic imine (C=N–C) groups is 2. The van der Waals surface area contributed by atoms with Crippen LogP contribution < -0.4 is 5.32 Å². The van der Waals surface area contributed by atoms with Gasteiger partial charge < -0.3 is 18.9 Å². The van der Waals surface area contributed by atoms with Gasteiger partial charge in [-0.05, 0) is 87.5 Å². The molecular weight excluding hydrogens is 915 g/mol. The largest absolute Gasteiger partial charge is 0.452 e. The van der Waals surface area contributed by atoms with E-state index in [9.17, 15) is 0 Å². The first-order valence-electron chi connectivity index (χ1n) is 25.5. The molecule has 3 aromatic heterocycles. The smallest absolute Gasteiger partial charge is 0.160 e. The summed E-state index contributed by atoms with van der Waals surface area (Å²) < 4.78 is 12.2. The maximum absolute atomic E-state index is 7.45. The van der Waals surface area contributed by atoms with Crippen molar-refractivity contribution < 1.29 is 4.42 Å². The monoisotopic (exact) mass is 959 g/mol. The van der Waals surface area contributed by atoms with Gasteiger partial charge in [-0.15, -0.1) is 0 Å². The summed E-state index contributed by atoms with van der Waals surface area (Å²) in [5.41, 5.74) is 17.7. The van der Waals surface area contributed by atoms with Gasteiger partial charge in [-0.25, -0.2) is 9.98 Å². The van der Waals surface area contributed by atoms with Crippen molar-refractivity contribution in [3.05, 3.63) is 278 Å². The van der Waals surface area contributed by atoms with Crippen LogP contribution in [0, 0.1) is 0 Å². The van der Waals surface area contributed by atoms with Crippen molar-refractivity contribution in [2.24, 2.45) is 9.98 Å². The fourth-order valence-corrected chi connectivity index (χ4v) is 11.6. The van der Waals surface area contributed by atoms with E-state index in [4.69, 9.17) is 14.4 Å². The summed E-state index contributed by atoms with van der Waals surface area (Å²) in [4.78, 5) is 10.9. The van der Waals surface area contributed by atoms with E-state index in [2.05, 4.69) is 275 Å². The lowest BCUT2D eigenvalue weighted by Gasteiger charge is -2.26. The predicted octanol–water partition coefficient (Wildman–Crippen LogP) is 17.3. The van der Waals surface area contributed by atoms with Crippen molar-refractivity contribution >= 4 is 77.2 Å². The lowest BCUT2D eigenvalue weighted by molar-refractivity contribution is 0.672. The van der Waals surface area contributed by atoms with Gasteiger partial charge in [0.25, 0.3) is 0 Å². The van der Waals surface area contributed by atoms with Gasteiger partial charge in [-0.1, -0.05) is 212 Å². The van der Waals surface area contributed by atoms with Gasteiger partial charge in [-0.3, -0.25) is 0 Å². The molecule has 0 radical (unpaired) electrons. The van der Waals surface area contributed by atoms with E-state index >= 15 is 0 Å². The Morgan fingerprint density at radius 2 is 0.800 bits per heavy atom. The van der Waals surface area contributed by atoms with E-state index in [0.29, 0.717) is 5.84 Å². The SMILES string of the molecule is c1ccc(-c2cccc(-n3c4ccccc4c4ccc5c6ccc7c8ccccc8n(-c8cccc(C9N=C(c%10ccccc%10-c%10ccccc%10)N=C(c%10ccccc%10-c%10ccccc%10)N9)c8)c7c6oc5c43)c2)cc1. The minimum Gasteiger partial charge on any atom is -0.452 e. The fraction of sp³-hybridized carbons (Fsp3) is 0.0145. The maximum Gasteiger partial charge on any atom is 0.160 e. The third-order valence-corrected chi connectivity index (χ3v) is 15.0. The van der Waals surface area contributed by atoms with Crippen LogP contribution in [0.2, 0.25) is 0 Å². The van der Waals surface area contributed by atoms with E-state index in [0.717, 1.165) is 122 Å². The lowest BCUT2D eigenvalue weighted by Crippen LogP contribution is -2.34. The topological polar surface area (TPSA) is 59.8 Å². The molecule has 4 heterocycles. The molecule has 0 saturated carbocycles. The molecule has 1 aliphatic heterocycles. The van der Waals surface area contributed by atoms with Crippen molar-refractivity contribution in [1.29, 1.82) is 0 Å². The molecule has 0 bridgehead atoms. The van der Waals surface area contributed by atoms with Crippen LogP contribution in [0.15, 0.2) is 275 Å². The lowest BCUT2D eigenvalue weighted by atomic mass is 9.97. The Hall–Kier alpha value is -10.0. The number of benzene rings is 11. The standard InChI is InChI=1S/C69H45N5O/c1-4-20-44(21-5-1)47-26-18-28-49(42-47)73-61-36-16-14-32-53(61)55-38-40-57-58-41-39-56-54-33-15-17-37-62(54)74(64(56)66(58)75-65(57)63(55)73)50-29-19-27-48(43-50)67-70-68(59-34-12-10-30-51(59)45-22-6-2-7-23-45)72-69(71-67)60-35-13-11-31-52(60)46-24-8-3-9-25-46/h1-43,67H,(H,70,71,72). The first-order chi connectivity index (χ1) is 37.2. The Kier molecular flexibility index (Phi) is 9.85. The predicted molar refractivity (Wildman–Crippen MR) is 311 cm³/mol. The third-order valence-electron chi connectivity index (χ3n) is 15.0. The van der Waals surface area contributed by atoms with E-state index in [-0.39, 0.29) is 0 Å². The van der Waals surface area contributed by atoms with E-state index in [1.54, 1.807) is 0 Å². The van der Waals surface area contributed by atoms with Gasteiger partial charge >= 0.3 is 0 Å². The van der Waals surface area contributed by atoms with Crippen LogP contribution >= 0.6 is 0 Å². The molecule has 0 fully saturated rings. The number of fused-ring (bicyclic) bond motifs is 11. The first kappa shape index (κ1) is 42.6. The van der Waals surface area contributed by atoms with Crippen molar-refractivity contribution in [2.45, 2.75) is 6.17 Å². The highest BCUT2D eigenvalue weighted by molar-refractivity contribution is 6.26. The summed E-state index contributed by atoms with van der Waals surface area (Å²) in [5.74, 6) is 1.42. The summed E-state index contributed by atoms with van der Waals surface area (Å²) >= 11 is 0. The van der Waals surface area contributed by atoms with Gasteiger partial charge in [0.1, 0.15) is 12.0 Å². The number of hydrogen-bond acceptors (Lipinski definition) is 4. The van der Waals surface area contributed by atoms with Crippen LogP contribution in [-0.2, 0) is 0 Å². The molecule has 352 valence electrons. The molecule has 0 amide bonds. The normalized spacial score (nSPS) is 13.7.